The van der Waals surface area contributed by atoms with Crippen molar-refractivity contribution in [2.45, 2.75) is 43.9 Å². The minimum atomic E-state index is 0.181. The van der Waals surface area contributed by atoms with Gasteiger partial charge in [0.1, 0.15) is 5.75 Å². The molecule has 1 aromatic carbocycles. The Hall–Kier alpha value is -2.37. The first-order chi connectivity index (χ1) is 12.2. The number of methoxy groups -OCH3 is 1. The molecule has 1 amide bonds. The second kappa shape index (κ2) is 6.86. The number of hydrogen-bond donors (Lipinski definition) is 0. The van der Waals surface area contributed by atoms with Gasteiger partial charge in [0.2, 0.25) is 11.8 Å². The van der Waals surface area contributed by atoms with Crippen molar-refractivity contribution in [3.8, 4) is 5.75 Å². The lowest BCUT2D eigenvalue weighted by Gasteiger charge is -2.15. The van der Waals surface area contributed by atoms with Crippen LogP contribution in [0.25, 0.3) is 0 Å². The molecular weight excluding hydrogens is 318 g/mol. The van der Waals surface area contributed by atoms with E-state index in [9.17, 15) is 4.79 Å². The van der Waals surface area contributed by atoms with E-state index in [-0.39, 0.29) is 11.8 Å². The van der Waals surface area contributed by atoms with E-state index >= 15 is 0 Å². The molecule has 25 heavy (non-hydrogen) atoms. The van der Waals surface area contributed by atoms with Crippen LogP contribution in [0.3, 0.4) is 0 Å². The molecule has 2 aromatic rings. The smallest absolute Gasteiger partial charge is 0.231 e. The van der Waals surface area contributed by atoms with Gasteiger partial charge < -0.3 is 14.2 Å². The molecule has 0 bridgehead atoms. The first-order valence-electron chi connectivity index (χ1n) is 8.97. The van der Waals surface area contributed by atoms with Crippen LogP contribution in [-0.2, 0) is 11.2 Å². The van der Waals surface area contributed by atoms with Crippen molar-refractivity contribution in [1.82, 2.24) is 15.0 Å². The SMILES string of the molecule is COc1cccc(CCC(=O)N2CCC(c3nc(C4CC4)no3)C2)c1. The average molecular weight is 341 g/mol. The molecule has 1 aliphatic heterocycles. The molecule has 6 heteroatoms. The number of aromatic nitrogens is 2. The standard InChI is InChI=1S/C19H23N3O3/c1-24-16-4-2-3-13(11-16)5-8-17(23)22-10-9-15(12-22)19-20-18(21-25-19)14-6-7-14/h2-4,11,14-15H,5-10,12H2,1H3. The summed E-state index contributed by atoms with van der Waals surface area (Å²) < 4.78 is 10.6. The van der Waals surface area contributed by atoms with Crippen molar-refractivity contribution in [2.75, 3.05) is 20.2 Å². The Morgan fingerprint density at radius 2 is 2.20 bits per heavy atom. The molecule has 1 unspecified atom stereocenters. The van der Waals surface area contributed by atoms with Gasteiger partial charge in [-0.15, -0.1) is 0 Å². The molecule has 1 aromatic heterocycles. The van der Waals surface area contributed by atoms with Gasteiger partial charge in [-0.25, -0.2) is 0 Å². The van der Waals surface area contributed by atoms with Gasteiger partial charge >= 0.3 is 0 Å². The van der Waals surface area contributed by atoms with Crippen LogP contribution in [0.15, 0.2) is 28.8 Å². The maximum absolute atomic E-state index is 12.5. The number of nitrogens with zero attached hydrogens (tertiary/aromatic N) is 3. The lowest BCUT2D eigenvalue weighted by atomic mass is 10.1. The van der Waals surface area contributed by atoms with Crippen LogP contribution < -0.4 is 4.74 Å². The normalized spacial score (nSPS) is 20.0. The highest BCUT2D eigenvalue weighted by Gasteiger charge is 2.33. The minimum Gasteiger partial charge on any atom is -0.497 e. The number of ether oxygens (including phenoxy) is 1. The zero-order valence-corrected chi connectivity index (χ0v) is 14.5. The molecule has 6 nitrogen and oxygen atoms in total. The summed E-state index contributed by atoms with van der Waals surface area (Å²) in [6.45, 7) is 1.45. The van der Waals surface area contributed by atoms with Gasteiger partial charge in [0.25, 0.3) is 0 Å². The fourth-order valence-corrected chi connectivity index (χ4v) is 3.35. The van der Waals surface area contributed by atoms with Crippen LogP contribution in [0.4, 0.5) is 0 Å². The Bertz CT molecular complexity index is 754. The molecular formula is C19H23N3O3. The van der Waals surface area contributed by atoms with Gasteiger partial charge in [0, 0.05) is 25.4 Å². The van der Waals surface area contributed by atoms with Crippen LogP contribution in [0.5, 0.6) is 5.75 Å². The predicted octanol–water partition coefficient (Wildman–Crippen LogP) is 2.90. The molecule has 0 N–H and O–H groups in total. The highest BCUT2D eigenvalue weighted by molar-refractivity contribution is 5.76. The van der Waals surface area contributed by atoms with E-state index in [1.165, 1.54) is 12.8 Å². The number of amides is 1. The van der Waals surface area contributed by atoms with Gasteiger partial charge in [-0.1, -0.05) is 17.3 Å². The molecule has 0 spiro atoms. The van der Waals surface area contributed by atoms with Crippen molar-refractivity contribution in [2.24, 2.45) is 0 Å². The highest BCUT2D eigenvalue weighted by atomic mass is 16.5. The van der Waals surface area contributed by atoms with Crippen LogP contribution in [-0.4, -0.2) is 41.1 Å². The summed E-state index contributed by atoms with van der Waals surface area (Å²) in [5.41, 5.74) is 1.12. The quantitative estimate of drug-likeness (QED) is 0.808. The summed E-state index contributed by atoms with van der Waals surface area (Å²) >= 11 is 0. The van der Waals surface area contributed by atoms with E-state index in [0.29, 0.717) is 24.8 Å². The summed E-state index contributed by atoms with van der Waals surface area (Å²) in [6.07, 6.45) is 4.47. The van der Waals surface area contributed by atoms with Gasteiger partial charge in [0.05, 0.1) is 13.0 Å². The van der Waals surface area contributed by atoms with Crippen LogP contribution in [0.2, 0.25) is 0 Å². The molecule has 2 heterocycles. The number of aryl methyl sites for hydroxylation is 1. The van der Waals surface area contributed by atoms with Gasteiger partial charge in [-0.05, 0) is 43.4 Å². The Morgan fingerprint density at radius 3 is 3.00 bits per heavy atom. The first-order valence-corrected chi connectivity index (χ1v) is 8.97. The molecule has 1 atom stereocenters. The maximum atomic E-state index is 12.5. The molecule has 0 radical (unpaired) electrons. The van der Waals surface area contributed by atoms with Crippen molar-refractivity contribution >= 4 is 5.91 Å². The van der Waals surface area contributed by atoms with Crippen molar-refractivity contribution < 1.29 is 14.1 Å². The van der Waals surface area contributed by atoms with E-state index in [4.69, 9.17) is 9.26 Å². The largest absolute Gasteiger partial charge is 0.497 e. The maximum Gasteiger partial charge on any atom is 0.231 e. The third-order valence-electron chi connectivity index (χ3n) is 5.05. The van der Waals surface area contributed by atoms with Crippen molar-refractivity contribution in [3.63, 3.8) is 0 Å². The third-order valence-corrected chi connectivity index (χ3v) is 5.05. The molecule has 1 saturated heterocycles. The Labute approximate surface area is 147 Å². The van der Waals surface area contributed by atoms with Gasteiger partial charge in [0.15, 0.2) is 5.82 Å². The zero-order chi connectivity index (χ0) is 17.2. The van der Waals surface area contributed by atoms with Crippen molar-refractivity contribution in [1.29, 1.82) is 0 Å². The first kappa shape index (κ1) is 16.1. The molecule has 1 saturated carbocycles. The molecule has 2 fully saturated rings. The summed E-state index contributed by atoms with van der Waals surface area (Å²) in [6, 6.07) is 7.88. The van der Waals surface area contributed by atoms with Gasteiger partial charge in [-0.2, -0.15) is 4.98 Å². The van der Waals surface area contributed by atoms with Gasteiger partial charge in [-0.3, -0.25) is 4.79 Å². The Balaban J connectivity index is 1.30. The average Bonchev–Trinajstić information content (AvgIpc) is 3.18. The van der Waals surface area contributed by atoms with E-state index in [1.807, 2.05) is 29.2 Å². The minimum absolute atomic E-state index is 0.181. The topological polar surface area (TPSA) is 68.5 Å². The third kappa shape index (κ3) is 3.67. The fraction of sp³-hybridized carbons (Fsp3) is 0.526. The number of benzene rings is 1. The van der Waals surface area contributed by atoms with E-state index < -0.39 is 0 Å². The second-order valence-electron chi connectivity index (χ2n) is 6.94. The van der Waals surface area contributed by atoms with Crippen LogP contribution in [0, 0.1) is 0 Å². The Morgan fingerprint density at radius 1 is 1.32 bits per heavy atom. The predicted molar refractivity (Wildman–Crippen MR) is 91.5 cm³/mol. The van der Waals surface area contributed by atoms with Crippen molar-refractivity contribution in [3.05, 3.63) is 41.5 Å². The fourth-order valence-electron chi connectivity index (χ4n) is 3.35. The summed E-state index contributed by atoms with van der Waals surface area (Å²) in [4.78, 5) is 19.0. The second-order valence-corrected chi connectivity index (χ2v) is 6.94. The van der Waals surface area contributed by atoms with E-state index in [0.717, 1.165) is 36.5 Å². The molecule has 132 valence electrons. The van der Waals surface area contributed by atoms with Crippen LogP contribution in [0.1, 0.15) is 54.8 Å². The summed E-state index contributed by atoms with van der Waals surface area (Å²) in [5, 5.41) is 4.08. The molecule has 4 rings (SSSR count). The summed E-state index contributed by atoms with van der Waals surface area (Å²) in [7, 11) is 1.65. The molecule has 2 aliphatic rings. The lowest BCUT2D eigenvalue weighted by molar-refractivity contribution is -0.130. The number of carbonyl (C=O) groups is 1. The number of carbonyl (C=O) groups excluding carboxylic acids is 1. The van der Waals surface area contributed by atoms with E-state index in [2.05, 4.69) is 10.1 Å². The monoisotopic (exact) mass is 341 g/mol. The number of rotatable bonds is 6. The summed E-state index contributed by atoms with van der Waals surface area (Å²) in [5.74, 6) is 3.24. The lowest BCUT2D eigenvalue weighted by Crippen LogP contribution is -2.28. The number of hydrogen-bond acceptors (Lipinski definition) is 5. The van der Waals surface area contributed by atoms with E-state index in [1.54, 1.807) is 7.11 Å². The zero-order valence-electron chi connectivity index (χ0n) is 14.5. The number of likely N-dealkylation sites (tertiary alicyclic amines) is 1. The molecule has 1 aliphatic carbocycles. The highest BCUT2D eigenvalue weighted by Crippen LogP contribution is 2.39. The Kier molecular flexibility index (Phi) is 4.42. The van der Waals surface area contributed by atoms with Crippen LogP contribution >= 0.6 is 0 Å².